The Morgan fingerprint density at radius 3 is 2.18 bits per heavy atom. The molecule has 2 N–H and O–H groups in total. The van der Waals surface area contributed by atoms with Gasteiger partial charge < -0.3 is 5.32 Å². The van der Waals surface area contributed by atoms with Crippen molar-refractivity contribution in [2.45, 2.75) is 18.7 Å². The van der Waals surface area contributed by atoms with E-state index in [1.165, 1.54) is 24.3 Å². The average Bonchev–Trinajstić information content (AvgIpc) is 2.67. The minimum atomic E-state index is -3.76. The second-order valence-corrected chi connectivity index (χ2v) is 8.40. The van der Waals surface area contributed by atoms with E-state index in [4.69, 9.17) is 11.6 Å². The van der Waals surface area contributed by atoms with E-state index in [0.717, 1.165) is 11.1 Å². The molecule has 1 amide bonds. The van der Waals surface area contributed by atoms with Crippen LogP contribution in [-0.4, -0.2) is 14.3 Å². The lowest BCUT2D eigenvalue weighted by Gasteiger charge is -2.12. The fraction of sp³-hybridized carbons (Fsp3) is 0.0952. The summed E-state index contributed by atoms with van der Waals surface area (Å²) in [6.45, 7) is 3.77. The highest BCUT2D eigenvalue weighted by atomic mass is 35.5. The smallest absolute Gasteiger partial charge is 0.261 e. The first-order chi connectivity index (χ1) is 13.3. The molecule has 0 aliphatic carbocycles. The fourth-order valence-electron chi connectivity index (χ4n) is 2.61. The molecule has 5 nitrogen and oxygen atoms in total. The van der Waals surface area contributed by atoms with E-state index < -0.39 is 10.0 Å². The molecular formula is C21H19ClN2O3S. The van der Waals surface area contributed by atoms with Gasteiger partial charge in [-0.2, -0.15) is 0 Å². The summed E-state index contributed by atoms with van der Waals surface area (Å²) < 4.78 is 27.9. The van der Waals surface area contributed by atoms with Gasteiger partial charge >= 0.3 is 0 Å². The number of carbonyl (C=O) groups is 1. The van der Waals surface area contributed by atoms with Crippen LogP contribution in [0.4, 0.5) is 11.4 Å². The van der Waals surface area contributed by atoms with E-state index in [-0.39, 0.29) is 10.8 Å². The molecule has 0 atom stereocenters. The number of hydrogen-bond acceptors (Lipinski definition) is 3. The van der Waals surface area contributed by atoms with Gasteiger partial charge in [0.2, 0.25) is 0 Å². The summed E-state index contributed by atoms with van der Waals surface area (Å²) >= 11 is 6.04. The van der Waals surface area contributed by atoms with Gasteiger partial charge in [0.05, 0.1) is 21.3 Å². The molecule has 144 valence electrons. The first kappa shape index (κ1) is 19.9. The van der Waals surface area contributed by atoms with Crippen molar-refractivity contribution in [2.24, 2.45) is 0 Å². The maximum Gasteiger partial charge on any atom is 0.261 e. The molecule has 0 heterocycles. The van der Waals surface area contributed by atoms with Gasteiger partial charge in [0.1, 0.15) is 0 Å². The molecule has 0 bridgehead atoms. The van der Waals surface area contributed by atoms with Gasteiger partial charge in [-0.1, -0.05) is 35.9 Å². The Balaban J connectivity index is 1.78. The standard InChI is InChI=1S/C21H19ClN2O3S/c1-14-6-5-9-19(15(14)2)24-28(26,27)17-12-10-16(11-13-17)21(25)23-20-8-4-3-7-18(20)22/h3-13,24H,1-2H3,(H,23,25). The maximum absolute atomic E-state index is 12.7. The SMILES string of the molecule is Cc1cccc(NS(=O)(=O)c2ccc(C(=O)Nc3ccccc3Cl)cc2)c1C. The summed E-state index contributed by atoms with van der Waals surface area (Å²) in [5, 5.41) is 3.13. The summed E-state index contributed by atoms with van der Waals surface area (Å²) in [7, 11) is -3.76. The van der Waals surface area contributed by atoms with Crippen LogP contribution in [-0.2, 0) is 10.0 Å². The minimum absolute atomic E-state index is 0.0719. The normalized spacial score (nSPS) is 11.1. The third-order valence-corrected chi connectivity index (χ3v) is 6.11. The quantitative estimate of drug-likeness (QED) is 0.616. The highest BCUT2D eigenvalue weighted by Crippen LogP contribution is 2.23. The number of rotatable bonds is 5. The lowest BCUT2D eigenvalue weighted by atomic mass is 10.1. The van der Waals surface area contributed by atoms with E-state index in [2.05, 4.69) is 10.0 Å². The second-order valence-electron chi connectivity index (χ2n) is 6.31. The lowest BCUT2D eigenvalue weighted by molar-refractivity contribution is 0.102. The number of nitrogens with one attached hydrogen (secondary N) is 2. The number of anilines is 2. The van der Waals surface area contributed by atoms with E-state index >= 15 is 0 Å². The number of para-hydroxylation sites is 1. The van der Waals surface area contributed by atoms with Gasteiger partial charge in [-0.15, -0.1) is 0 Å². The number of halogens is 1. The molecule has 3 rings (SSSR count). The Morgan fingerprint density at radius 1 is 0.857 bits per heavy atom. The van der Waals surface area contributed by atoms with Crippen LogP contribution in [0.5, 0.6) is 0 Å². The first-order valence-corrected chi connectivity index (χ1v) is 10.4. The van der Waals surface area contributed by atoms with Gasteiger partial charge in [0.25, 0.3) is 15.9 Å². The topological polar surface area (TPSA) is 75.3 Å². The van der Waals surface area contributed by atoms with Crippen LogP contribution in [0.1, 0.15) is 21.5 Å². The van der Waals surface area contributed by atoms with Crippen LogP contribution in [0, 0.1) is 13.8 Å². The van der Waals surface area contributed by atoms with Gasteiger partial charge in [-0.25, -0.2) is 8.42 Å². The fourth-order valence-corrected chi connectivity index (χ4v) is 3.91. The summed E-state index contributed by atoms with van der Waals surface area (Å²) in [6.07, 6.45) is 0. The van der Waals surface area contributed by atoms with Gasteiger partial charge in [0.15, 0.2) is 0 Å². The summed E-state index contributed by atoms with van der Waals surface area (Å²) in [4.78, 5) is 12.4. The predicted octanol–water partition coefficient (Wildman–Crippen LogP) is 5.01. The number of sulfonamides is 1. The Hall–Kier alpha value is -2.83. The zero-order chi connectivity index (χ0) is 20.3. The Morgan fingerprint density at radius 2 is 1.50 bits per heavy atom. The van der Waals surface area contributed by atoms with Crippen LogP contribution in [0.15, 0.2) is 71.6 Å². The van der Waals surface area contributed by atoms with E-state index in [0.29, 0.717) is 22.0 Å². The third kappa shape index (κ3) is 4.35. The number of benzene rings is 3. The maximum atomic E-state index is 12.7. The molecule has 0 saturated carbocycles. The van der Waals surface area contributed by atoms with Crippen molar-refractivity contribution in [1.29, 1.82) is 0 Å². The minimum Gasteiger partial charge on any atom is -0.321 e. The van der Waals surface area contributed by atoms with Crippen molar-refractivity contribution in [3.63, 3.8) is 0 Å². The highest BCUT2D eigenvalue weighted by molar-refractivity contribution is 7.92. The van der Waals surface area contributed by atoms with Crippen molar-refractivity contribution >= 4 is 38.9 Å². The Labute approximate surface area is 169 Å². The van der Waals surface area contributed by atoms with Gasteiger partial charge in [-0.3, -0.25) is 9.52 Å². The molecule has 0 aliphatic rings. The van der Waals surface area contributed by atoms with Gasteiger partial charge in [0, 0.05) is 5.56 Å². The molecule has 28 heavy (non-hydrogen) atoms. The van der Waals surface area contributed by atoms with Gasteiger partial charge in [-0.05, 0) is 67.4 Å². The predicted molar refractivity (Wildman–Crippen MR) is 113 cm³/mol. The van der Waals surface area contributed by atoms with Crippen LogP contribution in [0.2, 0.25) is 5.02 Å². The molecular weight excluding hydrogens is 396 g/mol. The van der Waals surface area contributed by atoms with Crippen molar-refractivity contribution < 1.29 is 13.2 Å². The van der Waals surface area contributed by atoms with E-state index in [1.54, 1.807) is 36.4 Å². The van der Waals surface area contributed by atoms with Crippen LogP contribution in [0.3, 0.4) is 0 Å². The van der Waals surface area contributed by atoms with E-state index in [1.807, 2.05) is 19.9 Å². The molecule has 7 heteroatoms. The zero-order valence-corrected chi connectivity index (χ0v) is 16.9. The summed E-state index contributed by atoms with van der Waals surface area (Å²) in [6, 6.07) is 18.0. The average molecular weight is 415 g/mol. The van der Waals surface area contributed by atoms with Crippen LogP contribution >= 0.6 is 11.6 Å². The van der Waals surface area contributed by atoms with Crippen molar-refractivity contribution in [2.75, 3.05) is 10.0 Å². The lowest BCUT2D eigenvalue weighted by Crippen LogP contribution is -2.15. The molecule has 3 aromatic carbocycles. The molecule has 0 spiro atoms. The third-order valence-electron chi connectivity index (χ3n) is 4.40. The van der Waals surface area contributed by atoms with Crippen molar-refractivity contribution in [3.05, 3.63) is 88.4 Å². The van der Waals surface area contributed by atoms with Crippen LogP contribution < -0.4 is 10.0 Å². The van der Waals surface area contributed by atoms with E-state index in [9.17, 15) is 13.2 Å². The second kappa shape index (κ2) is 8.04. The summed E-state index contributed by atoms with van der Waals surface area (Å²) in [5.74, 6) is -0.375. The number of aryl methyl sites for hydroxylation is 1. The summed E-state index contributed by atoms with van der Waals surface area (Å²) in [5.41, 5.74) is 3.20. The largest absolute Gasteiger partial charge is 0.321 e. The molecule has 3 aromatic rings. The molecule has 0 radical (unpaired) electrons. The monoisotopic (exact) mass is 414 g/mol. The van der Waals surface area contributed by atoms with Crippen molar-refractivity contribution in [3.8, 4) is 0 Å². The molecule has 0 saturated heterocycles. The zero-order valence-electron chi connectivity index (χ0n) is 15.4. The number of hydrogen-bond donors (Lipinski definition) is 2. The molecule has 0 aliphatic heterocycles. The number of amides is 1. The number of carbonyl (C=O) groups excluding carboxylic acids is 1. The molecule has 0 fully saturated rings. The van der Waals surface area contributed by atoms with Crippen molar-refractivity contribution in [1.82, 2.24) is 0 Å². The molecule has 0 aromatic heterocycles. The Kier molecular flexibility index (Phi) is 5.72. The molecule has 0 unspecified atom stereocenters. The van der Waals surface area contributed by atoms with Crippen LogP contribution in [0.25, 0.3) is 0 Å². The highest BCUT2D eigenvalue weighted by Gasteiger charge is 2.17. The Bertz CT molecular complexity index is 1130. The first-order valence-electron chi connectivity index (χ1n) is 8.53.